The summed E-state index contributed by atoms with van der Waals surface area (Å²) in [4.78, 5) is 25.6. The molecule has 1 aliphatic rings. The molecule has 8 heteroatoms. The van der Waals surface area contributed by atoms with Crippen molar-refractivity contribution in [2.24, 2.45) is 0 Å². The molecule has 0 aromatic heterocycles. The Labute approximate surface area is 192 Å². The summed E-state index contributed by atoms with van der Waals surface area (Å²) in [7, 11) is 0. The van der Waals surface area contributed by atoms with Gasteiger partial charge in [0.05, 0.1) is 0 Å². The Balaban J connectivity index is 2.18. The van der Waals surface area contributed by atoms with Crippen LogP contribution in [0.25, 0.3) is 0 Å². The molecule has 28 heavy (non-hydrogen) atoms. The largest absolute Gasteiger partial charge is 0.445 e. The van der Waals surface area contributed by atoms with Crippen LogP contribution in [0.1, 0.15) is 32.1 Å². The number of hydrogen-bond donors (Lipinski definition) is 0. The molecule has 2 rings (SSSR count). The Kier molecular flexibility index (Phi) is 10.3. The summed E-state index contributed by atoms with van der Waals surface area (Å²) in [5.74, 6) is 5.97. The van der Waals surface area contributed by atoms with Gasteiger partial charge in [0.2, 0.25) is 0 Å². The average molecular weight is 606 g/mol. The number of carbonyl (C=O) groups is 2. The van der Waals surface area contributed by atoms with Crippen molar-refractivity contribution in [2.75, 3.05) is 13.1 Å². The number of amides is 2. The lowest BCUT2D eigenvalue weighted by molar-refractivity contribution is -0.0159. The van der Waals surface area contributed by atoms with E-state index in [0.717, 1.165) is 42.1 Å². The van der Waals surface area contributed by atoms with Crippen molar-refractivity contribution < 1.29 is 19.1 Å². The summed E-state index contributed by atoms with van der Waals surface area (Å²) < 4.78 is 16.4. The van der Waals surface area contributed by atoms with Crippen LogP contribution in [0.15, 0.2) is 30.3 Å². The molecule has 1 aromatic rings. The molecular weight excluding hydrogens is 586 g/mol. The van der Waals surface area contributed by atoms with E-state index >= 15 is 0 Å². The molecule has 0 atom stereocenters. The maximum atomic E-state index is 12.8. The molecule has 0 N–H and O–H groups in total. The molecule has 0 spiro atoms. The van der Waals surface area contributed by atoms with E-state index < -0.39 is 12.2 Å². The monoisotopic (exact) mass is 606 g/mol. The SMILES string of the molecule is O=C(Oc1ccccc1)N(CC#CI)N(CC#CI)C(=O)OC1CCCCC1. The molecule has 0 heterocycles. The number of ether oxygens (including phenoxy) is 2. The third kappa shape index (κ3) is 7.40. The molecule has 0 unspecified atom stereocenters. The van der Waals surface area contributed by atoms with Gasteiger partial charge >= 0.3 is 12.2 Å². The van der Waals surface area contributed by atoms with Gasteiger partial charge in [0, 0.05) is 45.2 Å². The van der Waals surface area contributed by atoms with Gasteiger partial charge < -0.3 is 9.47 Å². The molecule has 0 saturated heterocycles. The Morgan fingerprint density at radius 1 is 0.929 bits per heavy atom. The van der Waals surface area contributed by atoms with Gasteiger partial charge in [-0.25, -0.2) is 19.6 Å². The van der Waals surface area contributed by atoms with E-state index in [1.807, 2.05) is 51.2 Å². The lowest BCUT2D eigenvalue weighted by atomic mass is 9.98. The molecule has 0 bridgehead atoms. The molecule has 1 saturated carbocycles. The quantitative estimate of drug-likeness (QED) is 0.276. The Bertz CT molecular complexity index is 774. The van der Waals surface area contributed by atoms with Crippen LogP contribution in [0.5, 0.6) is 5.75 Å². The second-order valence-electron chi connectivity index (χ2n) is 5.98. The van der Waals surface area contributed by atoms with Gasteiger partial charge in [0.25, 0.3) is 0 Å². The van der Waals surface area contributed by atoms with Crippen LogP contribution in [0.2, 0.25) is 0 Å². The minimum Gasteiger partial charge on any atom is -0.445 e. The highest BCUT2D eigenvalue weighted by Gasteiger charge is 2.30. The standard InChI is InChI=1S/C20H20I2N2O4/c21-13-7-15-23(19(25)27-17-9-3-1-4-10-17)24(16-8-14-22)20(26)28-18-11-5-2-6-12-18/h1,3-4,9-10,18H,2,5-6,11-12,15-16H2. The number of rotatable bonds is 4. The van der Waals surface area contributed by atoms with Gasteiger partial charge in [-0.05, 0) is 45.7 Å². The molecule has 2 amide bonds. The van der Waals surface area contributed by atoms with Gasteiger partial charge in [0.1, 0.15) is 24.9 Å². The highest BCUT2D eigenvalue weighted by atomic mass is 127. The predicted octanol–water partition coefficient (Wildman–Crippen LogP) is 4.97. The molecule has 1 fully saturated rings. The number of hydrogen-bond acceptors (Lipinski definition) is 4. The van der Waals surface area contributed by atoms with E-state index in [0.29, 0.717) is 5.75 Å². The number of carbonyl (C=O) groups excluding carboxylic acids is 2. The first-order valence-electron chi connectivity index (χ1n) is 8.85. The van der Waals surface area contributed by atoms with Crippen LogP contribution in [-0.4, -0.2) is 41.4 Å². The van der Waals surface area contributed by atoms with Crippen molar-refractivity contribution in [3.8, 4) is 25.4 Å². The second-order valence-corrected chi connectivity index (χ2v) is 7.06. The van der Waals surface area contributed by atoms with Crippen molar-refractivity contribution in [2.45, 2.75) is 38.2 Å². The average Bonchev–Trinajstić information content (AvgIpc) is 2.71. The number of halogens is 2. The molecule has 1 aliphatic carbocycles. The van der Waals surface area contributed by atoms with Gasteiger partial charge in [0.15, 0.2) is 0 Å². The van der Waals surface area contributed by atoms with Crippen molar-refractivity contribution in [3.05, 3.63) is 30.3 Å². The lowest BCUT2D eigenvalue weighted by Gasteiger charge is -2.32. The first-order valence-corrected chi connectivity index (χ1v) is 11.0. The van der Waals surface area contributed by atoms with E-state index in [1.165, 1.54) is 0 Å². The van der Waals surface area contributed by atoms with Crippen molar-refractivity contribution >= 4 is 57.4 Å². The summed E-state index contributed by atoms with van der Waals surface area (Å²) in [6.07, 6.45) is 3.40. The topological polar surface area (TPSA) is 59.1 Å². The van der Waals surface area contributed by atoms with E-state index in [2.05, 4.69) is 19.7 Å². The van der Waals surface area contributed by atoms with Crippen LogP contribution in [0.4, 0.5) is 9.59 Å². The van der Waals surface area contributed by atoms with Crippen LogP contribution < -0.4 is 4.74 Å². The van der Waals surface area contributed by atoms with Gasteiger partial charge in [-0.3, -0.25) is 0 Å². The highest BCUT2D eigenvalue weighted by molar-refractivity contribution is 14.1. The summed E-state index contributed by atoms with van der Waals surface area (Å²) in [6, 6.07) is 8.66. The fourth-order valence-electron chi connectivity index (χ4n) is 2.73. The first kappa shape index (κ1) is 22.6. The molecule has 0 radical (unpaired) electrons. The van der Waals surface area contributed by atoms with Gasteiger partial charge in [-0.15, -0.1) is 0 Å². The molecular formula is C20H20I2N2O4. The Morgan fingerprint density at radius 2 is 1.50 bits per heavy atom. The second kappa shape index (κ2) is 12.7. The van der Waals surface area contributed by atoms with Crippen LogP contribution in [0, 0.1) is 19.7 Å². The van der Waals surface area contributed by atoms with Crippen LogP contribution in [0.3, 0.4) is 0 Å². The summed E-state index contributed by atoms with van der Waals surface area (Å²) in [5, 5.41) is 2.29. The van der Waals surface area contributed by atoms with E-state index in [1.54, 1.807) is 24.3 Å². The zero-order valence-corrected chi connectivity index (χ0v) is 19.5. The van der Waals surface area contributed by atoms with Crippen LogP contribution in [-0.2, 0) is 4.74 Å². The number of nitrogens with zero attached hydrogens (tertiary/aromatic N) is 2. The molecule has 6 nitrogen and oxygen atoms in total. The number of para-hydroxylation sites is 1. The van der Waals surface area contributed by atoms with Gasteiger partial charge in [-0.1, -0.05) is 36.5 Å². The summed E-state index contributed by atoms with van der Waals surface area (Å²) in [5.41, 5.74) is 0. The Morgan fingerprint density at radius 3 is 2.07 bits per heavy atom. The number of benzene rings is 1. The summed E-state index contributed by atoms with van der Waals surface area (Å²) in [6.45, 7) is -0.0153. The van der Waals surface area contributed by atoms with E-state index in [9.17, 15) is 9.59 Å². The van der Waals surface area contributed by atoms with E-state index in [4.69, 9.17) is 9.47 Å². The minimum absolute atomic E-state index is 0.00130. The zero-order chi connectivity index (χ0) is 20.2. The maximum absolute atomic E-state index is 12.8. The van der Waals surface area contributed by atoms with E-state index in [-0.39, 0.29) is 19.2 Å². The third-order valence-corrected chi connectivity index (χ3v) is 4.84. The normalized spacial score (nSPS) is 13.2. The summed E-state index contributed by atoms with van der Waals surface area (Å²) >= 11 is 3.76. The molecule has 148 valence electrons. The van der Waals surface area contributed by atoms with Crippen molar-refractivity contribution in [1.82, 2.24) is 10.0 Å². The lowest BCUT2D eigenvalue weighted by Crippen LogP contribution is -2.52. The maximum Gasteiger partial charge on any atom is 0.435 e. The predicted molar refractivity (Wildman–Crippen MR) is 123 cm³/mol. The molecule has 1 aromatic carbocycles. The van der Waals surface area contributed by atoms with Gasteiger partial charge in [-0.2, -0.15) is 0 Å². The number of hydrazine groups is 1. The van der Waals surface area contributed by atoms with Crippen LogP contribution >= 0.6 is 45.2 Å². The third-order valence-electron chi connectivity index (χ3n) is 4.07. The fourth-order valence-corrected chi connectivity index (χ4v) is 3.08. The van der Waals surface area contributed by atoms with Crippen molar-refractivity contribution in [3.63, 3.8) is 0 Å². The fraction of sp³-hybridized carbons (Fsp3) is 0.400. The molecule has 0 aliphatic heterocycles. The highest BCUT2D eigenvalue weighted by Crippen LogP contribution is 2.21. The zero-order valence-electron chi connectivity index (χ0n) is 15.2. The van der Waals surface area contributed by atoms with Crippen molar-refractivity contribution in [1.29, 1.82) is 0 Å². The smallest absolute Gasteiger partial charge is 0.435 e. The minimum atomic E-state index is -0.721. The first-order chi connectivity index (χ1) is 13.7. The Hall–Kier alpha value is -1.66.